The molecule has 1 aromatic heterocycles. The number of hydrogen-bond donors (Lipinski definition) is 1. The number of aliphatic hydroxyl groups is 1. The summed E-state index contributed by atoms with van der Waals surface area (Å²) in [5, 5.41) is 10.2. The highest BCUT2D eigenvalue weighted by atomic mass is 35.5. The van der Waals surface area contributed by atoms with Crippen molar-refractivity contribution in [3.8, 4) is 0 Å². The van der Waals surface area contributed by atoms with Crippen LogP contribution in [0, 0.1) is 0 Å². The number of halogens is 1. The Bertz CT molecular complexity index is 309. The smallest absolute Gasteiger partial charge is 0.193 e. The molecule has 2 nitrogen and oxygen atoms in total. The van der Waals surface area contributed by atoms with E-state index in [9.17, 15) is 5.11 Å². The molecular formula is C15H25ClO2. The molecule has 0 saturated carbocycles. The molecule has 0 aliphatic rings. The average Bonchev–Trinajstić information content (AvgIpc) is 2.79. The Kier molecular flexibility index (Phi) is 8.19. The minimum atomic E-state index is -0.502. The van der Waals surface area contributed by atoms with E-state index in [4.69, 9.17) is 16.0 Å². The summed E-state index contributed by atoms with van der Waals surface area (Å²) in [4.78, 5) is 0. The van der Waals surface area contributed by atoms with Crippen LogP contribution in [-0.2, 0) is 0 Å². The molecule has 0 fully saturated rings. The highest BCUT2D eigenvalue weighted by molar-refractivity contribution is 6.28. The maximum Gasteiger partial charge on any atom is 0.193 e. The normalized spacial score (nSPS) is 12.8. The van der Waals surface area contributed by atoms with Crippen molar-refractivity contribution >= 4 is 11.6 Å². The highest BCUT2D eigenvalue weighted by Crippen LogP contribution is 2.24. The molecule has 1 N–H and O–H groups in total. The fourth-order valence-electron chi connectivity index (χ4n) is 2.12. The number of rotatable bonds is 10. The Morgan fingerprint density at radius 2 is 1.67 bits per heavy atom. The van der Waals surface area contributed by atoms with E-state index in [2.05, 4.69) is 6.92 Å². The predicted molar refractivity (Wildman–Crippen MR) is 75.9 cm³/mol. The number of furan rings is 1. The van der Waals surface area contributed by atoms with Crippen molar-refractivity contribution in [1.29, 1.82) is 0 Å². The molecule has 0 spiro atoms. The fourth-order valence-corrected chi connectivity index (χ4v) is 2.27. The maximum absolute atomic E-state index is 9.85. The first-order chi connectivity index (χ1) is 8.74. The fraction of sp³-hybridized carbons (Fsp3) is 0.733. The van der Waals surface area contributed by atoms with Crippen LogP contribution in [0.15, 0.2) is 16.5 Å². The van der Waals surface area contributed by atoms with Gasteiger partial charge >= 0.3 is 0 Å². The standard InChI is InChI=1S/C15H25ClO2/c1-2-3-4-5-6-7-8-9-10-13(17)14-11-12-15(16)18-14/h11-13,17H,2-10H2,1H3. The van der Waals surface area contributed by atoms with Gasteiger partial charge in [-0.25, -0.2) is 0 Å². The van der Waals surface area contributed by atoms with E-state index in [1.54, 1.807) is 12.1 Å². The van der Waals surface area contributed by atoms with Crippen LogP contribution < -0.4 is 0 Å². The van der Waals surface area contributed by atoms with Crippen molar-refractivity contribution < 1.29 is 9.52 Å². The third-order valence-electron chi connectivity index (χ3n) is 3.25. The van der Waals surface area contributed by atoms with Gasteiger partial charge in [0.1, 0.15) is 11.9 Å². The summed E-state index contributed by atoms with van der Waals surface area (Å²) in [5.41, 5.74) is 0. The molecule has 0 saturated heterocycles. The lowest BCUT2D eigenvalue weighted by atomic mass is 10.0. The highest BCUT2D eigenvalue weighted by Gasteiger charge is 2.11. The van der Waals surface area contributed by atoms with Gasteiger partial charge < -0.3 is 9.52 Å². The second kappa shape index (κ2) is 9.46. The monoisotopic (exact) mass is 272 g/mol. The van der Waals surface area contributed by atoms with Gasteiger partial charge in [-0.2, -0.15) is 0 Å². The third-order valence-corrected chi connectivity index (χ3v) is 3.46. The van der Waals surface area contributed by atoms with Crippen molar-refractivity contribution in [1.82, 2.24) is 0 Å². The lowest BCUT2D eigenvalue weighted by molar-refractivity contribution is 0.137. The van der Waals surface area contributed by atoms with Gasteiger partial charge in [-0.15, -0.1) is 0 Å². The van der Waals surface area contributed by atoms with E-state index in [-0.39, 0.29) is 0 Å². The van der Waals surface area contributed by atoms with Crippen LogP contribution in [-0.4, -0.2) is 5.11 Å². The molecule has 104 valence electrons. The minimum absolute atomic E-state index is 0.347. The van der Waals surface area contributed by atoms with Crippen molar-refractivity contribution in [3.63, 3.8) is 0 Å². The number of hydrogen-bond acceptors (Lipinski definition) is 2. The lowest BCUT2D eigenvalue weighted by Gasteiger charge is -2.07. The third kappa shape index (κ3) is 6.46. The molecule has 3 heteroatoms. The molecular weight excluding hydrogens is 248 g/mol. The minimum Gasteiger partial charge on any atom is -0.447 e. The zero-order chi connectivity index (χ0) is 13.2. The molecule has 1 heterocycles. The van der Waals surface area contributed by atoms with Crippen molar-refractivity contribution in [2.24, 2.45) is 0 Å². The Labute approximate surface area is 115 Å². The van der Waals surface area contributed by atoms with E-state index in [1.807, 2.05) is 0 Å². The molecule has 1 aromatic rings. The van der Waals surface area contributed by atoms with E-state index >= 15 is 0 Å². The molecule has 0 amide bonds. The van der Waals surface area contributed by atoms with Crippen LogP contribution >= 0.6 is 11.6 Å². The Morgan fingerprint density at radius 1 is 1.06 bits per heavy atom. The largest absolute Gasteiger partial charge is 0.447 e. The summed E-state index contributed by atoms with van der Waals surface area (Å²) >= 11 is 5.67. The van der Waals surface area contributed by atoms with Gasteiger partial charge in [0.25, 0.3) is 0 Å². The average molecular weight is 273 g/mol. The topological polar surface area (TPSA) is 33.4 Å². The van der Waals surface area contributed by atoms with Gasteiger partial charge in [-0.3, -0.25) is 0 Å². The quantitative estimate of drug-likeness (QED) is 0.571. The zero-order valence-corrected chi connectivity index (χ0v) is 12.1. The summed E-state index contributed by atoms with van der Waals surface area (Å²) < 4.78 is 5.18. The van der Waals surface area contributed by atoms with Crippen molar-refractivity contribution in [3.05, 3.63) is 23.1 Å². The summed E-state index contributed by atoms with van der Waals surface area (Å²) in [6, 6.07) is 3.42. The molecule has 1 unspecified atom stereocenters. The van der Waals surface area contributed by atoms with Crippen LogP contribution in [0.25, 0.3) is 0 Å². The summed E-state index contributed by atoms with van der Waals surface area (Å²) in [7, 11) is 0. The molecule has 0 aromatic carbocycles. The summed E-state index contributed by atoms with van der Waals surface area (Å²) in [6.45, 7) is 2.24. The Balaban J connectivity index is 1.97. The van der Waals surface area contributed by atoms with E-state index < -0.39 is 6.10 Å². The predicted octanol–water partition coefficient (Wildman–Crippen LogP) is 5.50. The van der Waals surface area contributed by atoms with E-state index in [0.29, 0.717) is 11.0 Å². The number of aliphatic hydroxyl groups excluding tert-OH is 1. The van der Waals surface area contributed by atoms with E-state index in [1.165, 1.54) is 44.9 Å². The lowest BCUT2D eigenvalue weighted by Crippen LogP contribution is -1.95. The molecule has 0 bridgehead atoms. The van der Waals surface area contributed by atoms with Crippen LogP contribution in [0.3, 0.4) is 0 Å². The maximum atomic E-state index is 9.85. The van der Waals surface area contributed by atoms with Crippen LogP contribution in [0.4, 0.5) is 0 Å². The first-order valence-electron chi connectivity index (χ1n) is 7.17. The Hall–Kier alpha value is -0.470. The van der Waals surface area contributed by atoms with Gasteiger partial charge in [0.15, 0.2) is 5.22 Å². The summed E-state index contributed by atoms with van der Waals surface area (Å²) in [5.74, 6) is 0.586. The van der Waals surface area contributed by atoms with Gasteiger partial charge in [-0.1, -0.05) is 58.3 Å². The van der Waals surface area contributed by atoms with Crippen molar-refractivity contribution in [2.45, 2.75) is 70.8 Å². The molecule has 0 aliphatic heterocycles. The summed E-state index contributed by atoms with van der Waals surface area (Å²) in [6.07, 6.45) is 10.5. The molecule has 1 atom stereocenters. The van der Waals surface area contributed by atoms with Crippen LogP contribution in [0.5, 0.6) is 0 Å². The van der Waals surface area contributed by atoms with E-state index in [0.717, 1.165) is 12.8 Å². The second-order valence-electron chi connectivity index (χ2n) is 4.92. The van der Waals surface area contributed by atoms with Gasteiger partial charge in [0.2, 0.25) is 0 Å². The van der Waals surface area contributed by atoms with Gasteiger partial charge in [0.05, 0.1) is 0 Å². The zero-order valence-electron chi connectivity index (χ0n) is 11.3. The van der Waals surface area contributed by atoms with Crippen molar-refractivity contribution in [2.75, 3.05) is 0 Å². The Morgan fingerprint density at radius 3 is 2.22 bits per heavy atom. The van der Waals surface area contributed by atoms with Crippen LogP contribution in [0.2, 0.25) is 5.22 Å². The van der Waals surface area contributed by atoms with Crippen LogP contribution in [0.1, 0.15) is 76.6 Å². The first-order valence-corrected chi connectivity index (χ1v) is 7.55. The SMILES string of the molecule is CCCCCCCCCCC(O)c1ccc(Cl)o1. The molecule has 0 aliphatic carbocycles. The molecule has 1 rings (SSSR count). The van der Waals surface area contributed by atoms with Gasteiger partial charge in [0, 0.05) is 0 Å². The second-order valence-corrected chi connectivity index (χ2v) is 5.29. The first kappa shape index (κ1) is 15.6. The molecule has 0 radical (unpaired) electrons. The molecule has 18 heavy (non-hydrogen) atoms. The number of unbranched alkanes of at least 4 members (excludes halogenated alkanes) is 7. The van der Waals surface area contributed by atoms with Gasteiger partial charge in [-0.05, 0) is 30.2 Å².